The second-order valence-corrected chi connectivity index (χ2v) is 23.6. The molecular weight excluding hydrogens is 1270 g/mol. The number of esters is 1. The molecule has 0 saturated carbocycles. The van der Waals surface area contributed by atoms with Gasteiger partial charge in [-0.2, -0.15) is 9.97 Å². The number of nitrogens with one attached hydrogen (secondary N) is 1. The second-order valence-electron chi connectivity index (χ2n) is 23.2. The molecule has 95 heavy (non-hydrogen) atoms. The van der Waals surface area contributed by atoms with E-state index in [1.165, 1.54) is 13.0 Å². The van der Waals surface area contributed by atoms with Crippen LogP contribution in [0.4, 0.5) is 22.0 Å². The number of nitrogens with zero attached hydrogens (tertiary/aromatic N) is 3. The number of aromatic amines is 1. The summed E-state index contributed by atoms with van der Waals surface area (Å²) < 4.78 is 35.3. The third-order valence-electron chi connectivity index (χ3n) is 15.3. The molecule has 1 aromatic carbocycles. The number of hydrogen-bond acceptors (Lipinski definition) is 25. The zero-order valence-corrected chi connectivity index (χ0v) is 54.5. The fourth-order valence-corrected chi connectivity index (χ4v) is 10.2. The van der Waals surface area contributed by atoms with Crippen LogP contribution in [0.1, 0.15) is 98.6 Å². The number of fused-ring (bicyclic) bond motifs is 2. The number of H-pyrrole nitrogens is 1. The predicted octanol–water partition coefficient (Wildman–Crippen LogP) is 2.82. The molecule has 19 atom stereocenters. The minimum Gasteiger partial charge on any atom is -0.481 e. The summed E-state index contributed by atoms with van der Waals surface area (Å²) in [5.74, 6) is -8.15. The maximum absolute atomic E-state index is 12.6. The number of ether oxygens (including phenoxy) is 4. The van der Waals surface area contributed by atoms with Crippen molar-refractivity contribution in [3.63, 3.8) is 0 Å². The van der Waals surface area contributed by atoms with Crippen LogP contribution in [0, 0.1) is 23.6 Å². The number of carboxylic acids is 2. The molecule has 0 radical (unpaired) electrons. The zero-order valence-electron chi connectivity index (χ0n) is 53.8. The van der Waals surface area contributed by atoms with Crippen LogP contribution in [0.3, 0.4) is 0 Å². The average Bonchev–Trinajstić information content (AvgIpc) is 0.794. The summed E-state index contributed by atoms with van der Waals surface area (Å²) >= 11 is 5.86. The van der Waals surface area contributed by atoms with Crippen LogP contribution in [0.5, 0.6) is 0 Å². The lowest BCUT2D eigenvalue weighted by Gasteiger charge is -2.45. The number of aliphatic hydroxyl groups excluding tert-OH is 9. The van der Waals surface area contributed by atoms with Gasteiger partial charge in [-0.25, -0.2) is 14.2 Å². The molecule has 0 unspecified atom stereocenters. The molecule has 2 aromatic heterocycles. The SMILES string of the molecule is CC(=O)O.CCc1nc(N)nc(N)c1-c1ccc(Cl)cc1.C[C@@H]1[C@H](O)[C@@H](C)C=CC=CC=CC=CC=CC=CC=C[C@H](O[C@@H]2O[C@H](C)[C@@H](O)[C@H](N)[C@@H]2O)C[C@@H]2O[C@](O)(C[C@@H](O)C[C@@H](O)[C@H](O)CC[C@@H](O)C[C@@H](O)CC(=O)O[C@H]1C)C[C@H](O)[C@H]2C(=O)O.Nc1nc(=O)[nH]cc1F. The van der Waals surface area contributed by atoms with Crippen LogP contribution in [-0.4, -0.2) is 197 Å². The summed E-state index contributed by atoms with van der Waals surface area (Å²) in [4.78, 5) is 57.6. The Morgan fingerprint density at radius 1 is 0.705 bits per heavy atom. The van der Waals surface area contributed by atoms with Crippen LogP contribution in [-0.2, 0) is 39.8 Å². The molecule has 528 valence electrons. The Kier molecular flexibility index (Phi) is 35.5. The van der Waals surface area contributed by atoms with Crippen LogP contribution in [0.2, 0.25) is 5.02 Å². The first-order valence-electron chi connectivity index (χ1n) is 30.7. The van der Waals surface area contributed by atoms with Crippen molar-refractivity contribution in [1.82, 2.24) is 19.9 Å². The molecule has 3 aliphatic heterocycles. The topological polar surface area (TPSA) is 507 Å². The first-order valence-corrected chi connectivity index (χ1v) is 31.1. The standard InChI is InChI=1S/C47H73NO17.C12H13ClN4.C4H4FN3O.C2H4O2/c1-27-17-15-13-11-9-7-5-6-8-10-12-14-16-18-34(64-46-44(58)41(48)43(57)30(4)63-46)24-38-40(45(59)60)37(54)26-47(61,65-38)25-33(51)22-36(53)35(52)20-19-31(49)21-32(50)23-39(55)62-29(3)28(2)42(27)56;1-2-9-10(11(14)17-12(15)16-9)7-3-5-8(13)6-4-7;5-2-1-7-4(9)8-3(2)6;1-2(3)4/h5-18,27-38,40-44,46,49-54,56-58,61H,19-26,48H2,1-4H3,(H,59,60);3-6H,2H2,1H3,(H4,14,15,16,17);1H,(H3,6,7,8,9);1H3,(H,3,4)/t27-,28-,29-,30+,31+,32+,33-,34-,35+,36+,37-,38-,40+,41-,42+,43+,44-,46-,47+;;;/m0.../s1. The van der Waals surface area contributed by atoms with Crippen LogP contribution in [0.15, 0.2) is 120 Å². The Hall–Kier alpha value is -7.17. The van der Waals surface area contributed by atoms with Gasteiger partial charge < -0.3 is 108 Å². The van der Waals surface area contributed by atoms with E-state index in [1.807, 2.05) is 55.2 Å². The van der Waals surface area contributed by atoms with Crippen molar-refractivity contribution in [3.05, 3.63) is 143 Å². The van der Waals surface area contributed by atoms with Crippen molar-refractivity contribution in [2.75, 3.05) is 17.2 Å². The number of allylic oxidation sites excluding steroid dienone is 12. The van der Waals surface area contributed by atoms with Gasteiger partial charge in [0.15, 0.2) is 23.7 Å². The first-order chi connectivity index (χ1) is 44.7. The molecule has 2 fully saturated rings. The number of cyclic esters (lactones) is 1. The average molecular weight is 1360 g/mol. The van der Waals surface area contributed by atoms with Gasteiger partial charge >= 0.3 is 17.6 Å². The number of nitrogen functional groups attached to an aromatic ring is 3. The van der Waals surface area contributed by atoms with Gasteiger partial charge in [0.25, 0.3) is 5.97 Å². The predicted molar refractivity (Wildman–Crippen MR) is 350 cm³/mol. The van der Waals surface area contributed by atoms with E-state index in [-0.39, 0.29) is 43.4 Å². The number of anilines is 3. The highest BCUT2D eigenvalue weighted by Crippen LogP contribution is 2.38. The van der Waals surface area contributed by atoms with Gasteiger partial charge in [0, 0.05) is 61.2 Å². The number of carbonyl (C=O) groups excluding carboxylic acids is 1. The number of carbonyl (C=O) groups is 3. The van der Waals surface area contributed by atoms with E-state index in [0.29, 0.717) is 10.8 Å². The lowest BCUT2D eigenvalue weighted by molar-refractivity contribution is -0.308. The molecule has 28 nitrogen and oxygen atoms in total. The quantitative estimate of drug-likeness (QED) is 0.163. The smallest absolute Gasteiger partial charge is 0.347 e. The number of nitrogens with two attached hydrogens (primary N) is 4. The lowest BCUT2D eigenvalue weighted by Crippen LogP contribution is -2.61. The monoisotopic (exact) mass is 1360 g/mol. The van der Waals surface area contributed by atoms with E-state index in [4.69, 9.17) is 63.4 Å². The number of hydrogen-bond donors (Lipinski definition) is 17. The van der Waals surface area contributed by atoms with Crippen molar-refractivity contribution in [2.45, 2.75) is 197 Å². The molecular formula is C65H94ClFN8O20. The zero-order chi connectivity index (χ0) is 71.3. The Labute approximate surface area is 555 Å². The van der Waals surface area contributed by atoms with Crippen molar-refractivity contribution < 1.29 is 99.0 Å². The first kappa shape index (κ1) is 82.1. The number of halogens is 2. The highest BCUT2D eigenvalue weighted by Gasteiger charge is 2.51. The van der Waals surface area contributed by atoms with E-state index in [2.05, 4.69) is 15.0 Å². The summed E-state index contributed by atoms with van der Waals surface area (Å²) in [7, 11) is 0. The number of benzene rings is 1. The fourth-order valence-electron chi connectivity index (χ4n) is 10.1. The highest BCUT2D eigenvalue weighted by molar-refractivity contribution is 6.30. The summed E-state index contributed by atoms with van der Waals surface area (Å²) in [5, 5.41) is 126. The molecule has 6 rings (SSSR count). The molecule has 3 aliphatic rings. The Morgan fingerprint density at radius 3 is 1.82 bits per heavy atom. The van der Waals surface area contributed by atoms with E-state index < -0.39 is 164 Å². The third kappa shape index (κ3) is 29.0. The summed E-state index contributed by atoms with van der Waals surface area (Å²) in [6.07, 6.45) is 5.07. The minimum atomic E-state index is -2.33. The second kappa shape index (κ2) is 41.0. The molecule has 30 heteroatoms. The van der Waals surface area contributed by atoms with Crippen LogP contribution < -0.4 is 28.6 Å². The molecule has 2 bridgehead atoms. The maximum Gasteiger partial charge on any atom is 0.347 e. The van der Waals surface area contributed by atoms with E-state index in [0.717, 1.165) is 36.4 Å². The van der Waals surface area contributed by atoms with Gasteiger partial charge in [-0.05, 0) is 57.2 Å². The van der Waals surface area contributed by atoms with E-state index >= 15 is 0 Å². The molecule has 2 saturated heterocycles. The van der Waals surface area contributed by atoms with Crippen LogP contribution in [0.25, 0.3) is 11.1 Å². The van der Waals surface area contributed by atoms with Crippen molar-refractivity contribution in [1.29, 1.82) is 0 Å². The Bertz CT molecular complexity index is 3130. The van der Waals surface area contributed by atoms with Crippen molar-refractivity contribution in [2.24, 2.45) is 23.5 Å². The van der Waals surface area contributed by atoms with Gasteiger partial charge in [0.2, 0.25) is 5.95 Å². The van der Waals surface area contributed by atoms with Crippen molar-refractivity contribution in [3.8, 4) is 11.1 Å². The number of rotatable bonds is 5. The molecule has 21 N–H and O–H groups in total. The molecule has 0 amide bonds. The highest BCUT2D eigenvalue weighted by atomic mass is 35.5. The van der Waals surface area contributed by atoms with E-state index in [9.17, 15) is 74.9 Å². The summed E-state index contributed by atoms with van der Waals surface area (Å²) in [5.41, 5.74) is 24.4. The number of aromatic nitrogens is 4. The normalized spacial score (nSPS) is 31.8. The number of carboxylic acid groups (broad SMARTS) is 2. The molecule has 0 spiro atoms. The van der Waals surface area contributed by atoms with Gasteiger partial charge in [0.1, 0.15) is 23.9 Å². The Balaban J connectivity index is 0.000000631. The van der Waals surface area contributed by atoms with Crippen molar-refractivity contribution >= 4 is 47.1 Å². The van der Waals surface area contributed by atoms with Gasteiger partial charge in [-0.1, -0.05) is 130 Å². The summed E-state index contributed by atoms with van der Waals surface area (Å²) in [6.45, 7) is 9.83. The lowest BCUT2D eigenvalue weighted by atomic mass is 9.82. The van der Waals surface area contributed by atoms with Crippen LogP contribution >= 0.6 is 11.6 Å². The van der Waals surface area contributed by atoms with Gasteiger partial charge in [-0.3, -0.25) is 14.4 Å². The third-order valence-corrected chi connectivity index (χ3v) is 15.6. The number of aliphatic hydroxyl groups is 10. The maximum atomic E-state index is 12.6. The fraction of sp³-hybridized carbons (Fsp3) is 0.523. The molecule has 5 heterocycles. The number of aryl methyl sites for hydroxylation is 1. The molecule has 0 aliphatic carbocycles. The van der Waals surface area contributed by atoms with Gasteiger partial charge in [-0.15, -0.1) is 0 Å². The molecule has 3 aromatic rings. The summed E-state index contributed by atoms with van der Waals surface area (Å²) in [6, 6.07) is 6.27. The van der Waals surface area contributed by atoms with Gasteiger partial charge in [0.05, 0.1) is 85.3 Å². The minimum absolute atomic E-state index is 0.107. The number of aliphatic carboxylic acids is 2. The van der Waals surface area contributed by atoms with E-state index in [1.54, 1.807) is 80.7 Å². The Morgan fingerprint density at radius 2 is 1.27 bits per heavy atom. The largest absolute Gasteiger partial charge is 0.481 e.